The summed E-state index contributed by atoms with van der Waals surface area (Å²) < 4.78 is 0. The predicted octanol–water partition coefficient (Wildman–Crippen LogP) is 1.42. The molecule has 2 saturated heterocycles. The summed E-state index contributed by atoms with van der Waals surface area (Å²) in [5.41, 5.74) is 1.43. The number of quaternary nitrogens is 1. The minimum atomic E-state index is 0.0514. The molecule has 0 radical (unpaired) electrons. The minimum Gasteiger partial charge on any atom is -0.328 e. The number of hydrogen-bond acceptors (Lipinski definition) is 3. The average molecular weight is 370 g/mol. The van der Waals surface area contributed by atoms with Gasteiger partial charge in [0.1, 0.15) is 6.54 Å². The predicted molar refractivity (Wildman–Crippen MR) is 103 cm³/mol. The molecule has 0 spiro atoms. The molecule has 1 N–H and O–H groups in total. The fraction of sp³-hybridized carbons (Fsp3) is 0.400. The van der Waals surface area contributed by atoms with E-state index in [-0.39, 0.29) is 11.8 Å². The van der Waals surface area contributed by atoms with Crippen molar-refractivity contribution in [1.29, 1.82) is 0 Å². The first-order chi connectivity index (χ1) is 12.7. The SMILES string of the molecule is O=C(c1ccccc1N1CCCC1=O)N1CC[NH+](Cc2cccs2)CC1. The van der Waals surface area contributed by atoms with E-state index in [9.17, 15) is 9.59 Å². The lowest BCUT2D eigenvalue weighted by molar-refractivity contribution is -0.917. The van der Waals surface area contributed by atoms with Gasteiger partial charge >= 0.3 is 0 Å². The molecule has 26 heavy (non-hydrogen) atoms. The second-order valence-corrected chi connectivity index (χ2v) is 8.00. The molecule has 0 unspecified atom stereocenters. The number of anilines is 1. The Kier molecular flexibility index (Phi) is 5.04. The van der Waals surface area contributed by atoms with E-state index in [0.29, 0.717) is 18.5 Å². The van der Waals surface area contributed by atoms with Crippen LogP contribution in [-0.2, 0) is 11.3 Å². The van der Waals surface area contributed by atoms with Crippen molar-refractivity contribution in [2.75, 3.05) is 37.6 Å². The Morgan fingerprint density at radius 3 is 2.58 bits per heavy atom. The van der Waals surface area contributed by atoms with Crippen molar-refractivity contribution in [2.24, 2.45) is 0 Å². The van der Waals surface area contributed by atoms with Gasteiger partial charge in [0, 0.05) is 13.0 Å². The minimum absolute atomic E-state index is 0.0514. The summed E-state index contributed by atoms with van der Waals surface area (Å²) in [5.74, 6) is 0.172. The van der Waals surface area contributed by atoms with Gasteiger partial charge in [-0.15, -0.1) is 11.3 Å². The number of nitrogens with zero attached hydrogens (tertiary/aromatic N) is 2. The topological polar surface area (TPSA) is 45.1 Å². The zero-order valence-corrected chi connectivity index (χ0v) is 15.6. The van der Waals surface area contributed by atoms with Crippen LogP contribution in [0.2, 0.25) is 0 Å². The number of para-hydroxylation sites is 1. The first-order valence-electron chi connectivity index (χ1n) is 9.27. The van der Waals surface area contributed by atoms with E-state index in [2.05, 4.69) is 17.5 Å². The lowest BCUT2D eigenvalue weighted by Gasteiger charge is -2.33. The monoisotopic (exact) mass is 370 g/mol. The zero-order valence-electron chi connectivity index (χ0n) is 14.8. The van der Waals surface area contributed by atoms with E-state index in [0.717, 1.165) is 44.8 Å². The quantitative estimate of drug-likeness (QED) is 0.885. The van der Waals surface area contributed by atoms with Crippen LogP contribution in [-0.4, -0.2) is 49.4 Å². The highest BCUT2D eigenvalue weighted by atomic mass is 32.1. The first kappa shape index (κ1) is 17.2. The number of carbonyl (C=O) groups is 2. The van der Waals surface area contributed by atoms with Crippen molar-refractivity contribution in [3.8, 4) is 0 Å². The number of amides is 2. The van der Waals surface area contributed by atoms with Gasteiger partial charge in [-0.05, 0) is 30.0 Å². The standard InChI is InChI=1S/C20H23N3O2S/c24-19-8-3-9-23(19)18-7-2-1-6-17(18)20(25)22-12-10-21(11-13-22)15-16-5-4-14-26-16/h1-2,4-7,14H,3,8-13,15H2/p+1. The number of rotatable bonds is 4. The van der Waals surface area contributed by atoms with Crippen LogP contribution in [0.4, 0.5) is 5.69 Å². The fourth-order valence-corrected chi connectivity index (χ4v) is 4.60. The van der Waals surface area contributed by atoms with Crippen LogP contribution < -0.4 is 9.80 Å². The second-order valence-electron chi connectivity index (χ2n) is 6.96. The third kappa shape index (κ3) is 3.52. The summed E-state index contributed by atoms with van der Waals surface area (Å²) >= 11 is 1.80. The molecule has 0 saturated carbocycles. The molecule has 2 amide bonds. The van der Waals surface area contributed by atoms with Crippen molar-refractivity contribution >= 4 is 28.8 Å². The molecule has 136 valence electrons. The summed E-state index contributed by atoms with van der Waals surface area (Å²) in [6, 6.07) is 11.8. The van der Waals surface area contributed by atoms with Gasteiger partial charge in [0.25, 0.3) is 5.91 Å². The molecule has 1 aromatic carbocycles. The molecule has 0 bridgehead atoms. The largest absolute Gasteiger partial charge is 0.328 e. The Balaban J connectivity index is 1.43. The van der Waals surface area contributed by atoms with Crippen LogP contribution in [0.15, 0.2) is 41.8 Å². The molecule has 2 aliphatic heterocycles. The summed E-state index contributed by atoms with van der Waals surface area (Å²) in [6.07, 6.45) is 1.44. The Morgan fingerprint density at radius 1 is 1.08 bits per heavy atom. The van der Waals surface area contributed by atoms with Crippen molar-refractivity contribution in [3.05, 3.63) is 52.2 Å². The van der Waals surface area contributed by atoms with Crippen molar-refractivity contribution < 1.29 is 14.5 Å². The fourth-order valence-electron chi connectivity index (χ4n) is 3.83. The lowest BCUT2D eigenvalue weighted by Crippen LogP contribution is -3.13. The number of nitrogens with one attached hydrogen (secondary N) is 1. The van der Waals surface area contributed by atoms with Gasteiger partial charge in [-0.2, -0.15) is 0 Å². The average Bonchev–Trinajstić information content (AvgIpc) is 3.33. The molecule has 4 rings (SSSR count). The van der Waals surface area contributed by atoms with Crippen molar-refractivity contribution in [3.63, 3.8) is 0 Å². The van der Waals surface area contributed by atoms with Gasteiger partial charge < -0.3 is 14.7 Å². The van der Waals surface area contributed by atoms with Crippen LogP contribution >= 0.6 is 11.3 Å². The van der Waals surface area contributed by atoms with Crippen LogP contribution in [0.1, 0.15) is 28.1 Å². The summed E-state index contributed by atoms with van der Waals surface area (Å²) in [7, 11) is 0. The van der Waals surface area contributed by atoms with Gasteiger partial charge in [0.2, 0.25) is 5.91 Å². The van der Waals surface area contributed by atoms with E-state index in [1.165, 1.54) is 9.78 Å². The highest BCUT2D eigenvalue weighted by molar-refractivity contribution is 7.09. The number of benzene rings is 1. The smallest absolute Gasteiger partial charge is 0.256 e. The van der Waals surface area contributed by atoms with Gasteiger partial charge in [-0.25, -0.2) is 0 Å². The molecular weight excluding hydrogens is 346 g/mol. The molecule has 2 aromatic rings. The second kappa shape index (κ2) is 7.60. The molecule has 0 atom stereocenters. The Morgan fingerprint density at radius 2 is 1.88 bits per heavy atom. The van der Waals surface area contributed by atoms with E-state index < -0.39 is 0 Å². The van der Waals surface area contributed by atoms with E-state index >= 15 is 0 Å². The van der Waals surface area contributed by atoms with Gasteiger partial charge in [0.05, 0.1) is 42.3 Å². The van der Waals surface area contributed by atoms with E-state index in [1.807, 2.05) is 29.2 Å². The molecule has 0 aliphatic carbocycles. The molecule has 1 aromatic heterocycles. The Hall–Kier alpha value is -2.18. The molecule has 3 heterocycles. The highest BCUT2D eigenvalue weighted by Gasteiger charge is 2.29. The van der Waals surface area contributed by atoms with Gasteiger partial charge in [-0.3, -0.25) is 9.59 Å². The Labute approximate surface area is 157 Å². The number of hydrogen-bond donors (Lipinski definition) is 1. The first-order valence-corrected chi connectivity index (χ1v) is 10.1. The van der Waals surface area contributed by atoms with E-state index in [4.69, 9.17) is 0 Å². The maximum absolute atomic E-state index is 13.1. The van der Waals surface area contributed by atoms with E-state index in [1.54, 1.807) is 16.2 Å². The summed E-state index contributed by atoms with van der Waals surface area (Å²) in [4.78, 5) is 31.8. The van der Waals surface area contributed by atoms with Gasteiger partial charge in [-0.1, -0.05) is 18.2 Å². The van der Waals surface area contributed by atoms with Crippen LogP contribution in [0.5, 0.6) is 0 Å². The van der Waals surface area contributed by atoms with Gasteiger partial charge in [0.15, 0.2) is 0 Å². The van der Waals surface area contributed by atoms with Crippen molar-refractivity contribution in [1.82, 2.24) is 4.90 Å². The molecular formula is C20H24N3O2S+. The summed E-state index contributed by atoms with van der Waals surface area (Å²) in [6.45, 7) is 5.22. The van der Waals surface area contributed by atoms with Crippen LogP contribution in [0.25, 0.3) is 0 Å². The zero-order chi connectivity index (χ0) is 17.9. The Bertz CT molecular complexity index is 782. The number of carbonyl (C=O) groups excluding carboxylic acids is 2. The number of piperazine rings is 1. The lowest BCUT2D eigenvalue weighted by atomic mass is 10.1. The van der Waals surface area contributed by atoms with Crippen LogP contribution in [0, 0.1) is 0 Å². The maximum atomic E-state index is 13.1. The van der Waals surface area contributed by atoms with Crippen LogP contribution in [0.3, 0.4) is 0 Å². The molecule has 6 heteroatoms. The summed E-state index contributed by atoms with van der Waals surface area (Å²) in [5, 5.41) is 2.12. The third-order valence-corrected chi connectivity index (χ3v) is 6.14. The molecule has 2 fully saturated rings. The number of thiophene rings is 1. The normalized spacial score (nSPS) is 18.5. The molecule has 5 nitrogen and oxygen atoms in total. The third-order valence-electron chi connectivity index (χ3n) is 5.26. The molecule has 2 aliphatic rings. The maximum Gasteiger partial charge on any atom is 0.256 e. The van der Waals surface area contributed by atoms with Crippen molar-refractivity contribution in [2.45, 2.75) is 19.4 Å². The highest BCUT2D eigenvalue weighted by Crippen LogP contribution is 2.26.